The normalized spacial score (nSPS) is 14.6. The van der Waals surface area contributed by atoms with E-state index in [1.807, 2.05) is 84.9 Å². The zero-order valence-electron chi connectivity index (χ0n) is 26.7. The molecule has 2 atom stereocenters. The summed E-state index contributed by atoms with van der Waals surface area (Å²) in [6, 6.07) is 32.2. The summed E-state index contributed by atoms with van der Waals surface area (Å²) >= 11 is 0. The topological polar surface area (TPSA) is 134 Å². The van der Waals surface area contributed by atoms with Gasteiger partial charge in [0.2, 0.25) is 15.9 Å². The van der Waals surface area contributed by atoms with Gasteiger partial charge in [0.1, 0.15) is 0 Å². The standard InChI is InChI=1S/C37H44N4O5S/c1-46-26-39-36(35(29-11-4-2-5-12-29)30-13-6-3-7-14-30)37(43)40-34-15-9-8-10-28(34)18-21-32(25-42)41(24-27-16-17-27)47(44,45)33-22-19-31(38)20-23-33/h2-15,19-20,22-23,27,32,35-36,39,42H,16-18,21,24-26,38H2,1H3,(H,40,43). The van der Waals surface area contributed by atoms with E-state index < -0.39 is 22.1 Å². The van der Waals surface area contributed by atoms with E-state index in [2.05, 4.69) is 10.6 Å². The van der Waals surface area contributed by atoms with Crippen LogP contribution in [0.3, 0.4) is 0 Å². The van der Waals surface area contributed by atoms with Crippen LogP contribution in [0.25, 0.3) is 0 Å². The maximum atomic E-state index is 14.1. The molecule has 0 heterocycles. The molecule has 4 aromatic rings. The molecule has 47 heavy (non-hydrogen) atoms. The van der Waals surface area contributed by atoms with E-state index in [0.29, 0.717) is 30.8 Å². The fourth-order valence-electron chi connectivity index (χ4n) is 5.93. The predicted octanol–water partition coefficient (Wildman–Crippen LogP) is 5.00. The van der Waals surface area contributed by atoms with Gasteiger partial charge in [-0.2, -0.15) is 4.31 Å². The van der Waals surface area contributed by atoms with Crippen LogP contribution in [-0.2, 0) is 26.0 Å². The Hall–Kier alpha value is -4.06. The fourth-order valence-corrected chi connectivity index (χ4v) is 7.65. The van der Waals surface area contributed by atoms with Gasteiger partial charge in [0.05, 0.1) is 24.3 Å². The van der Waals surface area contributed by atoms with E-state index in [4.69, 9.17) is 10.5 Å². The van der Waals surface area contributed by atoms with Crippen molar-refractivity contribution in [3.63, 3.8) is 0 Å². The van der Waals surface area contributed by atoms with Crippen molar-refractivity contribution in [1.29, 1.82) is 0 Å². The Bertz CT molecular complexity index is 1640. The summed E-state index contributed by atoms with van der Waals surface area (Å²) in [4.78, 5) is 14.3. The number of nitrogens with zero attached hydrogens (tertiary/aromatic N) is 1. The Labute approximate surface area is 277 Å². The summed E-state index contributed by atoms with van der Waals surface area (Å²) in [7, 11) is -2.29. The van der Waals surface area contributed by atoms with E-state index in [-0.39, 0.29) is 36.0 Å². The molecule has 0 bridgehead atoms. The summed E-state index contributed by atoms with van der Waals surface area (Å²) in [6.45, 7) is 0.200. The Balaban J connectivity index is 1.38. The zero-order chi connectivity index (χ0) is 33.2. The molecule has 0 aliphatic heterocycles. The molecular formula is C37H44N4O5S. The van der Waals surface area contributed by atoms with E-state index in [9.17, 15) is 18.3 Å². The fraction of sp³-hybridized carbons (Fsp3) is 0.324. The highest BCUT2D eigenvalue weighted by molar-refractivity contribution is 7.89. The van der Waals surface area contributed by atoms with Crippen LogP contribution >= 0.6 is 0 Å². The van der Waals surface area contributed by atoms with Crippen LogP contribution in [0, 0.1) is 5.92 Å². The number of nitrogens with two attached hydrogens (primary N) is 1. The van der Waals surface area contributed by atoms with Gasteiger partial charge in [-0.25, -0.2) is 8.42 Å². The van der Waals surface area contributed by atoms with Gasteiger partial charge in [0.15, 0.2) is 0 Å². The number of anilines is 2. The second-order valence-corrected chi connectivity index (χ2v) is 13.9. The Kier molecular flexibility index (Phi) is 11.8. The van der Waals surface area contributed by atoms with Crippen LogP contribution in [-0.4, -0.2) is 62.8 Å². The molecule has 0 spiro atoms. The first-order valence-electron chi connectivity index (χ1n) is 16.0. The molecule has 5 N–H and O–H groups in total. The van der Waals surface area contributed by atoms with Crippen molar-refractivity contribution in [3.05, 3.63) is 126 Å². The molecule has 1 aliphatic rings. The predicted molar refractivity (Wildman–Crippen MR) is 185 cm³/mol. The van der Waals surface area contributed by atoms with Crippen molar-refractivity contribution in [2.24, 2.45) is 5.92 Å². The van der Waals surface area contributed by atoms with Crippen molar-refractivity contribution in [3.8, 4) is 0 Å². The number of benzene rings is 4. The number of aliphatic hydroxyl groups is 1. The molecule has 4 aromatic carbocycles. The maximum Gasteiger partial charge on any atom is 0.243 e. The summed E-state index contributed by atoms with van der Waals surface area (Å²) in [5, 5.41) is 16.9. The molecule has 9 nitrogen and oxygen atoms in total. The average molecular weight is 657 g/mol. The SMILES string of the molecule is COCNC(C(=O)Nc1ccccc1CCC(CO)N(CC1CC1)S(=O)(=O)c1ccc(N)cc1)C(c1ccccc1)c1ccccc1. The third-order valence-corrected chi connectivity index (χ3v) is 10.6. The van der Waals surface area contributed by atoms with Crippen LogP contribution in [0.1, 0.15) is 41.9 Å². The number of para-hydroxylation sites is 1. The van der Waals surface area contributed by atoms with Gasteiger partial charge in [0.25, 0.3) is 0 Å². The lowest BCUT2D eigenvalue weighted by Crippen LogP contribution is -2.46. The van der Waals surface area contributed by atoms with E-state index >= 15 is 0 Å². The monoisotopic (exact) mass is 656 g/mol. The minimum absolute atomic E-state index is 0.152. The maximum absolute atomic E-state index is 14.1. The van der Waals surface area contributed by atoms with Gasteiger partial charge in [-0.05, 0) is 78.6 Å². The number of hydrogen-bond acceptors (Lipinski definition) is 7. The number of methoxy groups -OCH3 is 1. The van der Waals surface area contributed by atoms with Crippen molar-refractivity contribution >= 4 is 27.3 Å². The molecule has 1 saturated carbocycles. The highest BCUT2D eigenvalue weighted by Gasteiger charge is 2.36. The van der Waals surface area contributed by atoms with Crippen LogP contribution in [0.4, 0.5) is 11.4 Å². The lowest BCUT2D eigenvalue weighted by Gasteiger charge is -2.30. The number of ether oxygens (including phenoxy) is 1. The minimum Gasteiger partial charge on any atom is -0.399 e. The molecule has 0 radical (unpaired) electrons. The highest BCUT2D eigenvalue weighted by atomic mass is 32.2. The van der Waals surface area contributed by atoms with Gasteiger partial charge in [-0.1, -0.05) is 78.9 Å². The van der Waals surface area contributed by atoms with E-state index in [1.165, 1.54) is 16.4 Å². The minimum atomic E-state index is -3.87. The molecule has 1 fully saturated rings. The summed E-state index contributed by atoms with van der Waals surface area (Å²) in [5.41, 5.74) is 9.74. The number of carbonyl (C=O) groups excluding carboxylic acids is 1. The van der Waals surface area contributed by atoms with Gasteiger partial charge in [-0.15, -0.1) is 0 Å². The number of sulfonamides is 1. The third-order valence-electron chi connectivity index (χ3n) is 8.64. The summed E-state index contributed by atoms with van der Waals surface area (Å²) in [5.74, 6) is -0.252. The van der Waals surface area contributed by atoms with Crippen LogP contribution in [0.5, 0.6) is 0 Å². The van der Waals surface area contributed by atoms with Crippen LogP contribution in [0.2, 0.25) is 0 Å². The largest absolute Gasteiger partial charge is 0.399 e. The van der Waals surface area contributed by atoms with Crippen molar-refractivity contribution in [1.82, 2.24) is 9.62 Å². The molecule has 1 amide bonds. The molecule has 0 aromatic heterocycles. The Morgan fingerprint density at radius 1 is 0.915 bits per heavy atom. The number of amides is 1. The summed E-state index contributed by atoms with van der Waals surface area (Å²) in [6.07, 6.45) is 2.74. The summed E-state index contributed by atoms with van der Waals surface area (Å²) < 4.78 is 34.4. The number of aryl methyl sites for hydroxylation is 1. The molecule has 2 unspecified atom stereocenters. The first-order valence-corrected chi connectivity index (χ1v) is 17.4. The number of aliphatic hydroxyl groups excluding tert-OH is 1. The number of nitrogen functional groups attached to an aromatic ring is 1. The Morgan fingerprint density at radius 3 is 2.09 bits per heavy atom. The lowest BCUT2D eigenvalue weighted by molar-refractivity contribution is -0.118. The third kappa shape index (κ3) is 8.85. The van der Waals surface area contributed by atoms with Crippen molar-refractivity contribution < 1.29 is 23.1 Å². The molecule has 248 valence electrons. The van der Waals surface area contributed by atoms with Gasteiger partial charge >= 0.3 is 0 Å². The first kappa shape index (κ1) is 34.3. The number of carbonyl (C=O) groups is 1. The van der Waals surface area contributed by atoms with Crippen molar-refractivity contribution in [2.75, 3.05) is 38.0 Å². The van der Waals surface area contributed by atoms with Crippen molar-refractivity contribution in [2.45, 2.75) is 48.6 Å². The average Bonchev–Trinajstić information content (AvgIpc) is 3.92. The van der Waals surface area contributed by atoms with E-state index in [1.54, 1.807) is 19.2 Å². The molecule has 1 aliphatic carbocycles. The van der Waals surface area contributed by atoms with Crippen LogP contribution in [0.15, 0.2) is 114 Å². The van der Waals surface area contributed by atoms with Gasteiger partial charge in [-0.3, -0.25) is 10.1 Å². The quantitative estimate of drug-likeness (QED) is 0.0929. The highest BCUT2D eigenvalue weighted by Crippen LogP contribution is 2.34. The van der Waals surface area contributed by atoms with Gasteiger partial charge in [0, 0.05) is 37.0 Å². The number of rotatable bonds is 17. The number of hydrogen-bond donors (Lipinski definition) is 4. The zero-order valence-corrected chi connectivity index (χ0v) is 27.5. The number of nitrogens with one attached hydrogen (secondary N) is 2. The van der Waals surface area contributed by atoms with Crippen LogP contribution < -0.4 is 16.4 Å². The first-order chi connectivity index (χ1) is 22.8. The smallest absolute Gasteiger partial charge is 0.243 e. The molecule has 0 saturated heterocycles. The Morgan fingerprint density at radius 2 is 1.51 bits per heavy atom. The van der Waals surface area contributed by atoms with E-state index in [0.717, 1.165) is 29.5 Å². The molecule has 10 heteroatoms. The van der Waals surface area contributed by atoms with Gasteiger partial charge < -0.3 is 20.9 Å². The molecule has 5 rings (SSSR count). The lowest BCUT2D eigenvalue weighted by atomic mass is 9.84. The second-order valence-electron chi connectivity index (χ2n) is 12.0. The molecular weight excluding hydrogens is 612 g/mol. The second kappa shape index (κ2) is 16.2.